The van der Waals surface area contributed by atoms with Crippen molar-refractivity contribution < 1.29 is 30.8 Å². The molecule has 47 heavy (non-hydrogen) atoms. The van der Waals surface area contributed by atoms with Gasteiger partial charge in [-0.1, -0.05) is 35.9 Å². The Bertz CT molecular complexity index is 1860. The van der Waals surface area contributed by atoms with E-state index in [2.05, 4.69) is 5.32 Å². The molecule has 0 bridgehead atoms. The molecule has 1 amide bonds. The predicted octanol–water partition coefficient (Wildman–Crippen LogP) is 6.42. The summed E-state index contributed by atoms with van der Waals surface area (Å²) in [7, 11) is -3.92. The number of thiophene rings is 1. The summed E-state index contributed by atoms with van der Waals surface area (Å²) in [5.41, 5.74) is 1.23. The first-order valence-corrected chi connectivity index (χ1v) is 17.5. The molecule has 2 aromatic carbocycles. The molecule has 2 aliphatic rings. The van der Waals surface area contributed by atoms with Crippen LogP contribution in [0, 0.1) is 5.82 Å². The predicted molar refractivity (Wildman–Crippen MR) is 174 cm³/mol. The first kappa shape index (κ1) is 33.2. The Labute approximate surface area is 278 Å². The molecule has 0 radical (unpaired) electrons. The topological polar surface area (TPSA) is 85.8 Å². The minimum Gasteiger partial charge on any atom is -0.366 e. The number of pyridine rings is 1. The maximum absolute atomic E-state index is 14.4. The van der Waals surface area contributed by atoms with Crippen molar-refractivity contribution in [3.8, 4) is 11.3 Å². The number of sulfonamides is 1. The SMILES string of the molecule is O=C(NCc1cc(-c2ccc(C(F)(F)F)cc2)nc(N2CCN(c3ccccc3F)CC2)c1)C1CCCN1S(=O)(=O)c1ccc(Cl)s1. The third-order valence-corrected chi connectivity index (χ3v) is 11.9. The summed E-state index contributed by atoms with van der Waals surface area (Å²) in [5, 5.41) is 2.86. The van der Waals surface area contributed by atoms with Gasteiger partial charge in [-0.3, -0.25) is 4.79 Å². The molecular formula is C32H30ClF4N5O3S2. The van der Waals surface area contributed by atoms with Crippen molar-refractivity contribution >= 4 is 50.4 Å². The van der Waals surface area contributed by atoms with Crippen LogP contribution in [0.15, 0.2) is 77.0 Å². The molecule has 4 heterocycles. The van der Waals surface area contributed by atoms with Crippen LogP contribution in [0.25, 0.3) is 11.3 Å². The van der Waals surface area contributed by atoms with E-state index in [1.54, 1.807) is 30.3 Å². The minimum atomic E-state index is -4.49. The first-order chi connectivity index (χ1) is 22.4. The van der Waals surface area contributed by atoms with Gasteiger partial charge >= 0.3 is 6.18 Å². The standard InChI is InChI=1S/C32H30ClF4N5O3S2/c33-28-11-12-30(46-28)47(44,45)42-13-3-6-27(42)31(43)38-20-21-18-25(22-7-9-23(10-8-22)32(35,36)37)39-29(19-21)41-16-14-40(15-17-41)26-5-2-1-4-24(26)34/h1-2,4-5,7-12,18-19,27H,3,6,13-17,20H2,(H,38,43). The fraction of sp³-hybridized carbons (Fsp3) is 0.312. The number of aromatic nitrogens is 1. The number of benzene rings is 2. The second kappa shape index (κ2) is 13.4. The first-order valence-electron chi connectivity index (χ1n) is 14.9. The number of amides is 1. The zero-order valence-corrected chi connectivity index (χ0v) is 27.3. The number of hydrogen-bond acceptors (Lipinski definition) is 7. The minimum absolute atomic E-state index is 0.0341. The Morgan fingerprint density at radius 2 is 1.66 bits per heavy atom. The number of nitrogens with zero attached hydrogens (tertiary/aromatic N) is 4. The van der Waals surface area contributed by atoms with Gasteiger partial charge in [0.05, 0.1) is 21.3 Å². The molecule has 1 atom stereocenters. The number of carbonyl (C=O) groups excluding carboxylic acids is 1. The van der Waals surface area contributed by atoms with E-state index in [0.29, 0.717) is 71.7 Å². The molecule has 1 unspecified atom stereocenters. The van der Waals surface area contributed by atoms with Gasteiger partial charge in [-0.15, -0.1) is 11.3 Å². The van der Waals surface area contributed by atoms with E-state index in [-0.39, 0.29) is 23.1 Å². The maximum atomic E-state index is 14.4. The summed E-state index contributed by atoms with van der Waals surface area (Å²) >= 11 is 6.90. The fourth-order valence-electron chi connectivity index (χ4n) is 5.85. The molecule has 4 aromatic rings. The molecule has 15 heteroatoms. The van der Waals surface area contributed by atoms with E-state index in [1.807, 2.05) is 9.80 Å². The van der Waals surface area contributed by atoms with Crippen LogP contribution in [0.3, 0.4) is 0 Å². The number of hydrogen-bond donors (Lipinski definition) is 1. The number of nitrogens with one attached hydrogen (secondary N) is 1. The zero-order valence-electron chi connectivity index (χ0n) is 24.9. The highest BCUT2D eigenvalue weighted by atomic mass is 35.5. The second-order valence-corrected chi connectivity index (χ2v) is 15.1. The number of carbonyl (C=O) groups is 1. The van der Waals surface area contributed by atoms with Gasteiger partial charge in [0.25, 0.3) is 10.0 Å². The van der Waals surface area contributed by atoms with Crippen LogP contribution in [0.2, 0.25) is 4.34 Å². The van der Waals surface area contributed by atoms with Crippen LogP contribution in [0.5, 0.6) is 0 Å². The van der Waals surface area contributed by atoms with Crippen LogP contribution in [0.4, 0.5) is 29.1 Å². The van der Waals surface area contributed by atoms with E-state index in [9.17, 15) is 30.8 Å². The van der Waals surface area contributed by atoms with Crippen LogP contribution >= 0.6 is 22.9 Å². The van der Waals surface area contributed by atoms with Gasteiger partial charge in [-0.25, -0.2) is 17.8 Å². The second-order valence-electron chi connectivity index (χ2n) is 11.3. The third kappa shape index (κ3) is 7.25. The average molecular weight is 708 g/mol. The lowest BCUT2D eigenvalue weighted by molar-refractivity contribution is -0.137. The summed E-state index contributed by atoms with van der Waals surface area (Å²) in [5.74, 6) is -0.213. The van der Waals surface area contributed by atoms with Crippen LogP contribution in [0.1, 0.15) is 24.0 Å². The lowest BCUT2D eigenvalue weighted by Gasteiger charge is -2.37. The quantitative estimate of drug-likeness (QED) is 0.213. The van der Waals surface area contributed by atoms with E-state index >= 15 is 0 Å². The number of para-hydroxylation sites is 1. The zero-order chi connectivity index (χ0) is 33.3. The van der Waals surface area contributed by atoms with Gasteiger partial charge in [0, 0.05) is 44.8 Å². The van der Waals surface area contributed by atoms with Gasteiger partial charge in [0.2, 0.25) is 5.91 Å². The largest absolute Gasteiger partial charge is 0.416 e. The van der Waals surface area contributed by atoms with Crippen LogP contribution < -0.4 is 15.1 Å². The molecule has 0 spiro atoms. The van der Waals surface area contributed by atoms with Crippen molar-refractivity contribution in [1.82, 2.24) is 14.6 Å². The van der Waals surface area contributed by atoms with Crippen molar-refractivity contribution in [2.45, 2.75) is 35.8 Å². The number of alkyl halides is 3. The molecule has 6 rings (SSSR count). The summed E-state index contributed by atoms with van der Waals surface area (Å²) in [6, 6.07) is 16.8. The molecule has 2 fully saturated rings. The lowest BCUT2D eigenvalue weighted by Crippen LogP contribution is -2.47. The van der Waals surface area contributed by atoms with Gasteiger partial charge < -0.3 is 15.1 Å². The Balaban J connectivity index is 1.23. The van der Waals surface area contributed by atoms with E-state index in [1.165, 1.54) is 34.6 Å². The van der Waals surface area contributed by atoms with E-state index < -0.39 is 33.7 Å². The van der Waals surface area contributed by atoms with Gasteiger partial charge in [-0.05, 0) is 66.9 Å². The summed E-state index contributed by atoms with van der Waals surface area (Å²) in [6.45, 7) is 2.27. The molecule has 248 valence electrons. The highest BCUT2D eigenvalue weighted by Crippen LogP contribution is 2.34. The van der Waals surface area contributed by atoms with Crippen LogP contribution in [-0.2, 0) is 27.5 Å². The van der Waals surface area contributed by atoms with Crippen molar-refractivity contribution in [2.75, 3.05) is 42.5 Å². The average Bonchev–Trinajstić information content (AvgIpc) is 3.74. The Kier molecular flexibility index (Phi) is 9.47. The van der Waals surface area contributed by atoms with Crippen LogP contribution in [-0.4, -0.2) is 62.4 Å². The molecule has 2 saturated heterocycles. The van der Waals surface area contributed by atoms with Gasteiger partial charge in [-0.2, -0.15) is 17.5 Å². The number of anilines is 2. The maximum Gasteiger partial charge on any atom is 0.416 e. The van der Waals surface area contributed by atoms with E-state index in [0.717, 1.165) is 23.5 Å². The Hall–Kier alpha value is -3.72. The molecule has 1 N–H and O–H groups in total. The van der Waals surface area contributed by atoms with Crippen molar-refractivity contribution in [1.29, 1.82) is 0 Å². The molecule has 0 aliphatic carbocycles. The Morgan fingerprint density at radius 1 is 0.957 bits per heavy atom. The number of halogens is 5. The normalized spacial score (nSPS) is 17.7. The smallest absolute Gasteiger partial charge is 0.366 e. The molecule has 8 nitrogen and oxygen atoms in total. The summed E-state index contributed by atoms with van der Waals surface area (Å²) in [4.78, 5) is 22.1. The van der Waals surface area contributed by atoms with E-state index in [4.69, 9.17) is 16.6 Å². The van der Waals surface area contributed by atoms with Crippen molar-refractivity contribution in [3.05, 3.63) is 94.1 Å². The van der Waals surface area contributed by atoms with Crippen molar-refractivity contribution in [2.24, 2.45) is 0 Å². The number of piperazine rings is 1. The molecular weight excluding hydrogens is 678 g/mol. The third-order valence-electron chi connectivity index (χ3n) is 8.26. The van der Waals surface area contributed by atoms with Gasteiger partial charge in [0.15, 0.2) is 0 Å². The lowest BCUT2D eigenvalue weighted by atomic mass is 10.1. The van der Waals surface area contributed by atoms with Gasteiger partial charge in [0.1, 0.15) is 21.9 Å². The Morgan fingerprint density at radius 3 is 2.32 bits per heavy atom. The molecule has 2 aromatic heterocycles. The molecule has 2 aliphatic heterocycles. The van der Waals surface area contributed by atoms with Crippen molar-refractivity contribution in [3.63, 3.8) is 0 Å². The highest BCUT2D eigenvalue weighted by Gasteiger charge is 2.40. The fourth-order valence-corrected chi connectivity index (χ4v) is 9.11. The monoisotopic (exact) mass is 707 g/mol. The molecule has 0 saturated carbocycles. The summed E-state index contributed by atoms with van der Waals surface area (Å²) < 4.78 is 82.3. The highest BCUT2D eigenvalue weighted by molar-refractivity contribution is 7.91. The summed E-state index contributed by atoms with van der Waals surface area (Å²) in [6.07, 6.45) is -3.61. The number of rotatable bonds is 8.